The van der Waals surface area contributed by atoms with Gasteiger partial charge in [0.05, 0.1) is 11.0 Å². The lowest BCUT2D eigenvalue weighted by atomic mass is 10.0. The molecule has 1 atom stereocenters. The first-order chi connectivity index (χ1) is 8.50. The molecule has 1 amide bonds. The molecule has 0 bridgehead atoms. The molecule has 5 nitrogen and oxygen atoms in total. The SMILES string of the molecule is CC(=O)N1CCC[C@@H]1c1cc([N+](=O)[O-])ccc1F. The minimum atomic E-state index is -0.560. The summed E-state index contributed by atoms with van der Waals surface area (Å²) in [7, 11) is 0. The molecule has 1 aliphatic heterocycles. The largest absolute Gasteiger partial charge is 0.336 e. The highest BCUT2D eigenvalue weighted by Crippen LogP contribution is 2.34. The van der Waals surface area contributed by atoms with Gasteiger partial charge in [-0.2, -0.15) is 0 Å². The van der Waals surface area contributed by atoms with Crippen LogP contribution >= 0.6 is 0 Å². The number of halogens is 1. The molecule has 1 aromatic rings. The number of nitrogens with zero attached hydrogens (tertiary/aromatic N) is 2. The fraction of sp³-hybridized carbons (Fsp3) is 0.417. The van der Waals surface area contributed by atoms with Crippen LogP contribution < -0.4 is 0 Å². The number of carbonyl (C=O) groups excluding carboxylic acids is 1. The van der Waals surface area contributed by atoms with Crippen molar-refractivity contribution in [3.63, 3.8) is 0 Å². The van der Waals surface area contributed by atoms with Gasteiger partial charge in [-0.25, -0.2) is 4.39 Å². The summed E-state index contributed by atoms with van der Waals surface area (Å²) in [5.41, 5.74) is 0.0821. The van der Waals surface area contributed by atoms with Crippen molar-refractivity contribution in [2.75, 3.05) is 6.54 Å². The van der Waals surface area contributed by atoms with Crippen LogP contribution in [0.1, 0.15) is 31.4 Å². The van der Waals surface area contributed by atoms with E-state index in [1.165, 1.54) is 13.0 Å². The fourth-order valence-electron chi connectivity index (χ4n) is 2.37. The van der Waals surface area contributed by atoms with Crippen molar-refractivity contribution in [1.82, 2.24) is 4.90 Å². The molecule has 0 aliphatic carbocycles. The van der Waals surface area contributed by atoms with Crippen molar-refractivity contribution >= 4 is 11.6 Å². The molecule has 96 valence electrons. The zero-order valence-electron chi connectivity index (χ0n) is 9.93. The summed E-state index contributed by atoms with van der Waals surface area (Å²) in [4.78, 5) is 23.1. The van der Waals surface area contributed by atoms with E-state index in [9.17, 15) is 19.3 Å². The van der Waals surface area contributed by atoms with Crippen molar-refractivity contribution in [1.29, 1.82) is 0 Å². The van der Waals surface area contributed by atoms with Crippen LogP contribution in [0.5, 0.6) is 0 Å². The van der Waals surface area contributed by atoms with Crippen molar-refractivity contribution in [3.8, 4) is 0 Å². The van der Waals surface area contributed by atoms with Crippen molar-refractivity contribution in [2.45, 2.75) is 25.8 Å². The Labute approximate surface area is 103 Å². The van der Waals surface area contributed by atoms with Crippen LogP contribution in [0.15, 0.2) is 18.2 Å². The van der Waals surface area contributed by atoms with Crippen LogP contribution in [0, 0.1) is 15.9 Å². The number of carbonyl (C=O) groups is 1. The number of benzene rings is 1. The van der Waals surface area contributed by atoms with Gasteiger partial charge in [0.15, 0.2) is 0 Å². The zero-order chi connectivity index (χ0) is 13.3. The van der Waals surface area contributed by atoms with Crippen LogP contribution in [0.25, 0.3) is 0 Å². The summed E-state index contributed by atoms with van der Waals surface area (Å²) in [6.07, 6.45) is 1.42. The van der Waals surface area contributed by atoms with E-state index in [4.69, 9.17) is 0 Å². The summed E-state index contributed by atoms with van der Waals surface area (Å²) < 4.78 is 13.8. The van der Waals surface area contributed by atoms with Gasteiger partial charge in [-0.3, -0.25) is 14.9 Å². The second-order valence-electron chi connectivity index (χ2n) is 4.33. The zero-order valence-corrected chi connectivity index (χ0v) is 9.93. The predicted molar refractivity (Wildman–Crippen MR) is 62.4 cm³/mol. The van der Waals surface area contributed by atoms with Gasteiger partial charge in [0.25, 0.3) is 5.69 Å². The Morgan fingerprint density at radius 3 is 2.89 bits per heavy atom. The minimum Gasteiger partial charge on any atom is -0.336 e. The Balaban J connectivity index is 2.40. The highest BCUT2D eigenvalue weighted by atomic mass is 19.1. The third kappa shape index (κ3) is 2.18. The van der Waals surface area contributed by atoms with E-state index in [2.05, 4.69) is 0 Å². The fourth-order valence-corrected chi connectivity index (χ4v) is 2.37. The summed E-state index contributed by atoms with van der Waals surface area (Å²) in [6.45, 7) is 2.00. The number of hydrogen-bond donors (Lipinski definition) is 0. The van der Waals surface area contributed by atoms with E-state index < -0.39 is 10.7 Å². The van der Waals surface area contributed by atoms with Crippen LogP contribution in [0.3, 0.4) is 0 Å². The van der Waals surface area contributed by atoms with Crippen molar-refractivity contribution in [2.24, 2.45) is 0 Å². The number of rotatable bonds is 2. The van der Waals surface area contributed by atoms with Gasteiger partial charge >= 0.3 is 0 Å². The van der Waals surface area contributed by atoms with E-state index in [0.717, 1.165) is 18.6 Å². The topological polar surface area (TPSA) is 63.5 Å². The van der Waals surface area contributed by atoms with Gasteiger partial charge in [0, 0.05) is 31.2 Å². The van der Waals surface area contributed by atoms with Gasteiger partial charge in [0.1, 0.15) is 5.82 Å². The maximum Gasteiger partial charge on any atom is 0.269 e. The van der Waals surface area contributed by atoms with Gasteiger partial charge in [-0.15, -0.1) is 0 Å². The molecule has 0 saturated carbocycles. The Morgan fingerprint density at radius 2 is 2.28 bits per heavy atom. The van der Waals surface area contributed by atoms with Crippen LogP contribution in [0.4, 0.5) is 10.1 Å². The smallest absolute Gasteiger partial charge is 0.269 e. The molecule has 2 rings (SSSR count). The number of amides is 1. The second kappa shape index (κ2) is 4.72. The lowest BCUT2D eigenvalue weighted by Gasteiger charge is -2.23. The molecule has 1 saturated heterocycles. The molecule has 1 fully saturated rings. The minimum absolute atomic E-state index is 0.136. The molecule has 1 aromatic carbocycles. The number of hydrogen-bond acceptors (Lipinski definition) is 3. The summed E-state index contributed by atoms with van der Waals surface area (Å²) >= 11 is 0. The monoisotopic (exact) mass is 252 g/mol. The van der Waals surface area contributed by atoms with Crippen molar-refractivity contribution in [3.05, 3.63) is 39.7 Å². The van der Waals surface area contributed by atoms with Crippen LogP contribution in [-0.2, 0) is 4.79 Å². The second-order valence-corrected chi connectivity index (χ2v) is 4.33. The number of non-ortho nitro benzene ring substituents is 1. The average Bonchev–Trinajstić information content (AvgIpc) is 2.78. The van der Waals surface area contributed by atoms with Crippen LogP contribution in [0.2, 0.25) is 0 Å². The first-order valence-electron chi connectivity index (χ1n) is 5.71. The average molecular weight is 252 g/mol. The van der Waals surface area contributed by atoms with E-state index >= 15 is 0 Å². The molecule has 1 aliphatic rings. The van der Waals surface area contributed by atoms with Gasteiger partial charge < -0.3 is 4.90 Å². The Kier molecular flexibility index (Phi) is 3.27. The summed E-state index contributed by atoms with van der Waals surface area (Å²) in [6, 6.07) is 3.06. The van der Waals surface area contributed by atoms with Gasteiger partial charge in [-0.1, -0.05) is 0 Å². The molecule has 18 heavy (non-hydrogen) atoms. The molecule has 0 radical (unpaired) electrons. The highest BCUT2D eigenvalue weighted by molar-refractivity contribution is 5.74. The standard InChI is InChI=1S/C12H13FN2O3/c1-8(16)14-6-2-3-12(14)10-7-9(15(17)18)4-5-11(10)13/h4-5,7,12H,2-3,6H2,1H3/t12-/m1/s1. The first-order valence-corrected chi connectivity index (χ1v) is 5.71. The normalized spacial score (nSPS) is 19.0. The molecule has 0 N–H and O–H groups in total. The Bertz CT molecular complexity index is 504. The molecule has 0 unspecified atom stereocenters. The first kappa shape index (κ1) is 12.5. The Morgan fingerprint density at radius 1 is 1.56 bits per heavy atom. The number of likely N-dealkylation sites (tertiary alicyclic amines) is 1. The molecule has 0 spiro atoms. The van der Waals surface area contributed by atoms with E-state index in [1.807, 2.05) is 0 Å². The van der Waals surface area contributed by atoms with Crippen molar-refractivity contribution < 1.29 is 14.1 Å². The molecule has 1 heterocycles. The quantitative estimate of drug-likeness (QED) is 0.599. The number of nitro benzene ring substituents is 1. The van der Waals surface area contributed by atoms with E-state index in [-0.39, 0.29) is 23.2 Å². The van der Waals surface area contributed by atoms with Crippen LogP contribution in [-0.4, -0.2) is 22.3 Å². The lowest BCUT2D eigenvalue weighted by Crippen LogP contribution is -2.28. The third-order valence-electron chi connectivity index (χ3n) is 3.21. The van der Waals surface area contributed by atoms with E-state index in [0.29, 0.717) is 13.0 Å². The lowest BCUT2D eigenvalue weighted by molar-refractivity contribution is -0.385. The van der Waals surface area contributed by atoms with E-state index in [1.54, 1.807) is 4.90 Å². The molecular formula is C12H13FN2O3. The molecule has 6 heteroatoms. The summed E-state index contributed by atoms with van der Waals surface area (Å²) in [5.74, 6) is -0.637. The number of nitro groups is 1. The maximum atomic E-state index is 13.8. The predicted octanol–water partition coefficient (Wildman–Crippen LogP) is 2.42. The Hall–Kier alpha value is -1.98. The molecular weight excluding hydrogens is 239 g/mol. The third-order valence-corrected chi connectivity index (χ3v) is 3.21. The highest BCUT2D eigenvalue weighted by Gasteiger charge is 2.30. The van der Waals surface area contributed by atoms with Gasteiger partial charge in [0.2, 0.25) is 5.91 Å². The summed E-state index contributed by atoms with van der Waals surface area (Å²) in [5, 5.41) is 10.7. The maximum absolute atomic E-state index is 13.8. The van der Waals surface area contributed by atoms with Gasteiger partial charge in [-0.05, 0) is 18.9 Å². The molecule has 0 aromatic heterocycles.